The number of ketones is 2. The topological polar surface area (TPSA) is 82.1 Å². The lowest BCUT2D eigenvalue weighted by Crippen LogP contribution is -2.40. The number of unbranched alkanes of at least 4 members (excludes halogenated alkanes) is 2. The van der Waals surface area contributed by atoms with Crippen LogP contribution in [0.5, 0.6) is 11.5 Å². The van der Waals surface area contributed by atoms with E-state index in [0.29, 0.717) is 52.2 Å². The Morgan fingerprint density at radius 1 is 0.814 bits per heavy atom. The zero-order valence-corrected chi connectivity index (χ0v) is 27.9. The summed E-state index contributed by atoms with van der Waals surface area (Å²) in [6.07, 6.45) is 2.98. The Balaban J connectivity index is 1.60. The highest BCUT2D eigenvalue weighted by molar-refractivity contribution is 6.74. The first-order chi connectivity index (χ1) is 20.3. The largest absolute Gasteiger partial charge is 0.496 e. The van der Waals surface area contributed by atoms with Crippen molar-refractivity contribution in [3.05, 3.63) is 93.0 Å². The SMILES string of the molecule is COc1cc2c(c(Cc3c(OC)cccc3C(O)CCCCCO[Si](C)(C)C(C)(C)C)c1C)C(=O)c1ccccc1C2=O. The molecule has 7 heteroatoms. The van der Waals surface area contributed by atoms with E-state index in [1.165, 1.54) is 0 Å². The second kappa shape index (κ2) is 13.2. The van der Waals surface area contributed by atoms with Gasteiger partial charge in [0.1, 0.15) is 11.5 Å². The average molecular weight is 603 g/mol. The maximum absolute atomic E-state index is 13.9. The van der Waals surface area contributed by atoms with Gasteiger partial charge in [-0.3, -0.25) is 9.59 Å². The molecule has 43 heavy (non-hydrogen) atoms. The van der Waals surface area contributed by atoms with Crippen molar-refractivity contribution in [2.45, 2.75) is 84.0 Å². The molecule has 3 aromatic carbocycles. The van der Waals surface area contributed by atoms with Crippen LogP contribution in [0.1, 0.15) is 107 Å². The van der Waals surface area contributed by atoms with Gasteiger partial charge in [-0.25, -0.2) is 0 Å². The Morgan fingerprint density at radius 2 is 1.47 bits per heavy atom. The summed E-state index contributed by atoms with van der Waals surface area (Å²) in [4.78, 5) is 27.4. The summed E-state index contributed by atoms with van der Waals surface area (Å²) in [5.41, 5.74) is 4.62. The fourth-order valence-corrected chi connectivity index (χ4v) is 6.70. The summed E-state index contributed by atoms with van der Waals surface area (Å²) in [6.45, 7) is 13.9. The van der Waals surface area contributed by atoms with E-state index >= 15 is 0 Å². The number of methoxy groups -OCH3 is 2. The molecule has 0 bridgehead atoms. The monoisotopic (exact) mass is 602 g/mol. The van der Waals surface area contributed by atoms with Crippen LogP contribution in [-0.2, 0) is 10.8 Å². The highest BCUT2D eigenvalue weighted by atomic mass is 28.4. The van der Waals surface area contributed by atoms with Gasteiger partial charge in [0, 0.05) is 40.8 Å². The van der Waals surface area contributed by atoms with Gasteiger partial charge >= 0.3 is 0 Å². The Labute approximate surface area is 257 Å². The number of benzene rings is 3. The fraction of sp³-hybridized carbons (Fsp3) is 0.444. The van der Waals surface area contributed by atoms with Crippen LogP contribution in [0.15, 0.2) is 48.5 Å². The second-order valence-corrected chi connectivity index (χ2v) is 17.8. The molecule has 4 rings (SSSR count). The third-order valence-corrected chi connectivity index (χ3v) is 13.8. The zero-order valence-electron chi connectivity index (χ0n) is 26.9. The van der Waals surface area contributed by atoms with Gasteiger partial charge in [0.2, 0.25) is 0 Å². The number of carbonyl (C=O) groups excluding carboxylic acids is 2. The maximum Gasteiger partial charge on any atom is 0.194 e. The lowest BCUT2D eigenvalue weighted by Gasteiger charge is -2.36. The first kappa shape index (κ1) is 32.6. The van der Waals surface area contributed by atoms with Gasteiger partial charge in [-0.15, -0.1) is 0 Å². The fourth-order valence-electron chi connectivity index (χ4n) is 5.61. The standard InChI is InChI=1S/C36H46O6Si/c1-23-27(33-29(22-32(23)41-6)34(38)25-15-11-12-16-26(25)35(33)39)21-28-24(17-14-19-31(28)40-5)30(37)18-10-9-13-20-42-43(7,8)36(2,3)4/h11-12,14-17,19,22,30,37H,9-10,13,18,20-21H2,1-8H3. The van der Waals surface area contributed by atoms with Crippen molar-refractivity contribution >= 4 is 19.9 Å². The summed E-state index contributed by atoms with van der Waals surface area (Å²) in [5, 5.41) is 11.6. The molecule has 0 radical (unpaired) electrons. The van der Waals surface area contributed by atoms with Crippen LogP contribution in [0, 0.1) is 6.92 Å². The molecule has 0 saturated carbocycles. The zero-order chi connectivity index (χ0) is 31.5. The molecule has 0 heterocycles. The second-order valence-electron chi connectivity index (χ2n) is 13.0. The van der Waals surface area contributed by atoms with Crippen LogP contribution in [0.4, 0.5) is 0 Å². The van der Waals surface area contributed by atoms with Crippen molar-refractivity contribution < 1.29 is 28.6 Å². The molecule has 0 spiro atoms. The summed E-state index contributed by atoms with van der Waals surface area (Å²) in [5.74, 6) is 0.807. The van der Waals surface area contributed by atoms with Crippen molar-refractivity contribution in [1.82, 2.24) is 0 Å². The average Bonchev–Trinajstić information content (AvgIpc) is 2.97. The van der Waals surface area contributed by atoms with Crippen molar-refractivity contribution in [1.29, 1.82) is 0 Å². The minimum Gasteiger partial charge on any atom is -0.496 e. The van der Waals surface area contributed by atoms with Crippen LogP contribution >= 0.6 is 0 Å². The van der Waals surface area contributed by atoms with Crippen LogP contribution in [-0.4, -0.2) is 45.8 Å². The Bertz CT molecular complexity index is 1500. The number of aliphatic hydroxyl groups is 1. The van der Waals surface area contributed by atoms with E-state index in [1.54, 1.807) is 44.6 Å². The predicted octanol–water partition coefficient (Wildman–Crippen LogP) is 7.99. The molecule has 0 aromatic heterocycles. The lowest BCUT2D eigenvalue weighted by molar-refractivity contribution is 0.0978. The molecule has 0 amide bonds. The highest BCUT2D eigenvalue weighted by Crippen LogP contribution is 2.40. The van der Waals surface area contributed by atoms with Gasteiger partial charge in [0.05, 0.1) is 20.3 Å². The molecule has 6 nitrogen and oxygen atoms in total. The summed E-state index contributed by atoms with van der Waals surface area (Å²) >= 11 is 0. The van der Waals surface area contributed by atoms with Crippen LogP contribution in [0.3, 0.4) is 0 Å². The van der Waals surface area contributed by atoms with E-state index in [0.717, 1.165) is 42.6 Å². The number of hydrogen-bond acceptors (Lipinski definition) is 6. The molecule has 3 aromatic rings. The van der Waals surface area contributed by atoms with Crippen LogP contribution in [0.2, 0.25) is 18.1 Å². The Kier molecular flexibility index (Phi) is 9.99. The molecule has 1 unspecified atom stereocenters. The lowest BCUT2D eigenvalue weighted by atomic mass is 9.78. The van der Waals surface area contributed by atoms with Crippen LogP contribution in [0.25, 0.3) is 0 Å². The Morgan fingerprint density at radius 3 is 2.09 bits per heavy atom. The number of fused-ring (bicyclic) bond motifs is 2. The minimum absolute atomic E-state index is 0.178. The predicted molar refractivity (Wildman–Crippen MR) is 173 cm³/mol. The number of carbonyl (C=O) groups is 2. The first-order valence-electron chi connectivity index (χ1n) is 15.2. The summed E-state index contributed by atoms with van der Waals surface area (Å²) in [6, 6.07) is 14.3. The van der Waals surface area contributed by atoms with E-state index in [9.17, 15) is 14.7 Å². The molecular weight excluding hydrogens is 556 g/mol. The van der Waals surface area contributed by atoms with Crippen molar-refractivity contribution in [2.75, 3.05) is 20.8 Å². The van der Waals surface area contributed by atoms with Gasteiger partial charge in [0.15, 0.2) is 19.9 Å². The first-order valence-corrected chi connectivity index (χ1v) is 18.1. The molecule has 1 aliphatic rings. The van der Waals surface area contributed by atoms with Gasteiger partial charge in [0.25, 0.3) is 0 Å². The van der Waals surface area contributed by atoms with E-state index in [1.807, 2.05) is 25.1 Å². The van der Waals surface area contributed by atoms with Gasteiger partial charge in [-0.05, 0) is 66.7 Å². The van der Waals surface area contributed by atoms with Crippen molar-refractivity contribution in [2.24, 2.45) is 0 Å². The van der Waals surface area contributed by atoms with E-state index < -0.39 is 14.4 Å². The van der Waals surface area contributed by atoms with E-state index in [2.05, 4.69) is 33.9 Å². The molecule has 0 fully saturated rings. The van der Waals surface area contributed by atoms with Gasteiger partial charge in [-0.1, -0.05) is 70.0 Å². The summed E-state index contributed by atoms with van der Waals surface area (Å²) < 4.78 is 17.7. The number of aliphatic hydroxyl groups excluding tert-OH is 1. The molecule has 1 aliphatic carbocycles. The molecule has 1 N–H and O–H groups in total. The Hall–Kier alpha value is -3.26. The van der Waals surface area contributed by atoms with Gasteiger partial charge in [-0.2, -0.15) is 0 Å². The van der Waals surface area contributed by atoms with Gasteiger partial charge < -0.3 is 19.0 Å². The number of hydrogen-bond donors (Lipinski definition) is 1. The molecule has 1 atom stereocenters. The minimum atomic E-state index is -1.76. The third kappa shape index (κ3) is 6.64. The molecule has 0 saturated heterocycles. The van der Waals surface area contributed by atoms with Crippen molar-refractivity contribution in [3.8, 4) is 11.5 Å². The maximum atomic E-state index is 13.9. The smallest absolute Gasteiger partial charge is 0.194 e. The van der Waals surface area contributed by atoms with E-state index in [-0.39, 0.29) is 16.6 Å². The molecule has 0 aliphatic heterocycles. The number of ether oxygens (including phenoxy) is 2. The highest BCUT2D eigenvalue weighted by Gasteiger charge is 2.37. The van der Waals surface area contributed by atoms with Crippen molar-refractivity contribution in [3.63, 3.8) is 0 Å². The van der Waals surface area contributed by atoms with E-state index in [4.69, 9.17) is 13.9 Å². The third-order valence-electron chi connectivity index (χ3n) is 9.27. The number of rotatable bonds is 12. The summed E-state index contributed by atoms with van der Waals surface area (Å²) in [7, 11) is 1.41. The van der Waals surface area contributed by atoms with Crippen LogP contribution < -0.4 is 9.47 Å². The normalized spacial score (nSPS) is 13.9. The molecule has 230 valence electrons. The molecular formula is C36H46O6Si. The quantitative estimate of drug-likeness (QED) is 0.131.